The molecule has 104 valence electrons. The Morgan fingerprint density at radius 3 is 2.79 bits per heavy atom. The molecular formula is C10H14N4O4S. The molecule has 0 radical (unpaired) electrons. The van der Waals surface area contributed by atoms with Gasteiger partial charge in [-0.25, -0.2) is 13.4 Å². The van der Waals surface area contributed by atoms with Crippen LogP contribution in [-0.4, -0.2) is 40.8 Å². The lowest BCUT2D eigenvalue weighted by Crippen LogP contribution is -2.45. The van der Waals surface area contributed by atoms with E-state index in [2.05, 4.69) is 9.97 Å². The molecule has 1 aromatic heterocycles. The lowest BCUT2D eigenvalue weighted by atomic mass is 10.2. The standard InChI is InChI=1S/C10H14N4O4S/c1-2-8(4-11)19(17,18)14-9(10(15)16)3-7-5-12-6-13-7/h5-6,8-9,14H,2-3H2,1H3,(H,12,13)(H,15,16)/t8?,9-/m1/s1. The topological polar surface area (TPSA) is 136 Å². The first-order valence-electron chi connectivity index (χ1n) is 5.51. The summed E-state index contributed by atoms with van der Waals surface area (Å²) < 4.78 is 25.7. The minimum Gasteiger partial charge on any atom is -0.480 e. The van der Waals surface area contributed by atoms with Gasteiger partial charge in [0.05, 0.1) is 12.4 Å². The van der Waals surface area contributed by atoms with Crippen LogP contribution in [0.25, 0.3) is 0 Å². The van der Waals surface area contributed by atoms with Crippen molar-refractivity contribution in [1.29, 1.82) is 5.26 Å². The predicted molar refractivity (Wildman–Crippen MR) is 65.5 cm³/mol. The number of hydrogen-bond donors (Lipinski definition) is 3. The molecule has 1 unspecified atom stereocenters. The lowest BCUT2D eigenvalue weighted by Gasteiger charge is -2.16. The Labute approximate surface area is 110 Å². The summed E-state index contributed by atoms with van der Waals surface area (Å²) in [5, 5.41) is 16.5. The molecule has 0 saturated heterocycles. The Morgan fingerprint density at radius 2 is 2.37 bits per heavy atom. The highest BCUT2D eigenvalue weighted by Gasteiger charge is 2.30. The van der Waals surface area contributed by atoms with E-state index >= 15 is 0 Å². The summed E-state index contributed by atoms with van der Waals surface area (Å²) in [6.45, 7) is 1.54. The second kappa shape index (κ2) is 6.31. The van der Waals surface area contributed by atoms with Gasteiger partial charge in [-0.05, 0) is 6.42 Å². The van der Waals surface area contributed by atoms with E-state index in [0.717, 1.165) is 0 Å². The van der Waals surface area contributed by atoms with Gasteiger partial charge in [0.25, 0.3) is 0 Å². The van der Waals surface area contributed by atoms with Crippen LogP contribution in [0.5, 0.6) is 0 Å². The molecular weight excluding hydrogens is 272 g/mol. The van der Waals surface area contributed by atoms with Crippen molar-refractivity contribution >= 4 is 16.0 Å². The number of aromatic nitrogens is 2. The minimum atomic E-state index is -4.00. The van der Waals surface area contributed by atoms with Gasteiger partial charge in [0.15, 0.2) is 5.25 Å². The zero-order valence-electron chi connectivity index (χ0n) is 10.2. The predicted octanol–water partition coefficient (Wildman–Crippen LogP) is -0.373. The number of hydrogen-bond acceptors (Lipinski definition) is 5. The number of carbonyl (C=O) groups is 1. The Hall–Kier alpha value is -1.92. The van der Waals surface area contributed by atoms with E-state index in [0.29, 0.717) is 5.69 Å². The van der Waals surface area contributed by atoms with Gasteiger partial charge in [-0.3, -0.25) is 4.79 Å². The first-order chi connectivity index (χ1) is 8.90. The third-order valence-corrected chi connectivity index (χ3v) is 4.27. The molecule has 3 N–H and O–H groups in total. The molecule has 0 aliphatic rings. The first kappa shape index (κ1) is 15.1. The molecule has 0 fully saturated rings. The number of imidazole rings is 1. The van der Waals surface area contributed by atoms with Crippen molar-refractivity contribution in [1.82, 2.24) is 14.7 Å². The number of nitrogens with zero attached hydrogens (tertiary/aromatic N) is 2. The number of carboxylic acid groups (broad SMARTS) is 1. The summed E-state index contributed by atoms with van der Waals surface area (Å²) >= 11 is 0. The van der Waals surface area contributed by atoms with Crippen molar-refractivity contribution in [3.05, 3.63) is 18.2 Å². The molecule has 0 spiro atoms. The van der Waals surface area contributed by atoms with Crippen molar-refractivity contribution in [2.75, 3.05) is 0 Å². The van der Waals surface area contributed by atoms with Crippen LogP contribution in [0, 0.1) is 11.3 Å². The van der Waals surface area contributed by atoms with Crippen LogP contribution in [0.3, 0.4) is 0 Å². The van der Waals surface area contributed by atoms with E-state index in [-0.39, 0.29) is 12.8 Å². The van der Waals surface area contributed by atoms with Gasteiger partial charge in [0, 0.05) is 18.3 Å². The van der Waals surface area contributed by atoms with Gasteiger partial charge in [-0.1, -0.05) is 6.92 Å². The molecule has 0 saturated carbocycles. The molecule has 0 bridgehead atoms. The fourth-order valence-electron chi connectivity index (χ4n) is 1.46. The Kier molecular flexibility index (Phi) is 5.02. The van der Waals surface area contributed by atoms with Gasteiger partial charge >= 0.3 is 5.97 Å². The van der Waals surface area contributed by atoms with Crippen molar-refractivity contribution in [2.45, 2.75) is 31.1 Å². The van der Waals surface area contributed by atoms with Crippen molar-refractivity contribution in [3.63, 3.8) is 0 Å². The normalized spacial score (nSPS) is 14.5. The monoisotopic (exact) mass is 286 g/mol. The first-order valence-corrected chi connectivity index (χ1v) is 7.06. The van der Waals surface area contributed by atoms with E-state index in [1.807, 2.05) is 4.72 Å². The highest BCUT2D eigenvalue weighted by atomic mass is 32.2. The molecule has 1 aromatic rings. The molecule has 8 nitrogen and oxygen atoms in total. The van der Waals surface area contributed by atoms with Crippen LogP contribution < -0.4 is 4.72 Å². The fourth-order valence-corrected chi connectivity index (χ4v) is 2.78. The Balaban J connectivity index is 2.85. The maximum atomic E-state index is 11.8. The van der Waals surface area contributed by atoms with Gasteiger partial charge < -0.3 is 10.1 Å². The van der Waals surface area contributed by atoms with E-state index in [4.69, 9.17) is 10.4 Å². The van der Waals surface area contributed by atoms with Gasteiger partial charge in [0.1, 0.15) is 6.04 Å². The number of sulfonamides is 1. The van der Waals surface area contributed by atoms with Gasteiger partial charge in [-0.2, -0.15) is 9.98 Å². The van der Waals surface area contributed by atoms with Crippen LogP contribution in [0.4, 0.5) is 0 Å². The smallest absolute Gasteiger partial charge is 0.322 e. The molecule has 0 aliphatic heterocycles. The number of nitriles is 1. The maximum absolute atomic E-state index is 11.8. The Morgan fingerprint density at radius 1 is 1.68 bits per heavy atom. The number of aromatic amines is 1. The SMILES string of the molecule is CCC(C#N)S(=O)(=O)N[C@H](Cc1cnc[nH]1)C(=O)O. The summed E-state index contributed by atoms with van der Waals surface area (Å²) in [5.41, 5.74) is 0.486. The summed E-state index contributed by atoms with van der Waals surface area (Å²) in [5.74, 6) is -1.31. The minimum absolute atomic E-state index is 0.0730. The number of H-pyrrole nitrogens is 1. The van der Waals surface area contributed by atoms with Crippen molar-refractivity contribution in [3.8, 4) is 6.07 Å². The Bertz CT molecular complexity index is 561. The zero-order valence-corrected chi connectivity index (χ0v) is 11.0. The van der Waals surface area contributed by atoms with Gasteiger partial charge in [-0.15, -0.1) is 0 Å². The number of rotatable bonds is 7. The van der Waals surface area contributed by atoms with E-state index in [1.165, 1.54) is 19.4 Å². The highest BCUT2D eigenvalue weighted by molar-refractivity contribution is 7.90. The summed E-state index contributed by atoms with van der Waals surface area (Å²) in [7, 11) is -4.00. The van der Waals surface area contributed by atoms with Gasteiger partial charge in [0.2, 0.25) is 10.0 Å². The summed E-state index contributed by atoms with van der Waals surface area (Å²) in [4.78, 5) is 17.5. The average Bonchev–Trinajstić information content (AvgIpc) is 2.81. The van der Waals surface area contributed by atoms with Crippen LogP contribution in [0.1, 0.15) is 19.0 Å². The molecule has 0 aliphatic carbocycles. The molecule has 1 rings (SSSR count). The highest BCUT2D eigenvalue weighted by Crippen LogP contribution is 2.07. The summed E-state index contributed by atoms with van der Waals surface area (Å²) in [6.07, 6.45) is 2.79. The van der Waals surface area contributed by atoms with Crippen LogP contribution >= 0.6 is 0 Å². The molecule has 1 heterocycles. The second-order valence-electron chi connectivity index (χ2n) is 3.86. The second-order valence-corrected chi connectivity index (χ2v) is 5.76. The maximum Gasteiger partial charge on any atom is 0.322 e. The number of carboxylic acids is 1. The zero-order chi connectivity index (χ0) is 14.5. The molecule has 9 heteroatoms. The van der Waals surface area contributed by atoms with Crippen LogP contribution in [0.15, 0.2) is 12.5 Å². The average molecular weight is 286 g/mol. The molecule has 0 aromatic carbocycles. The van der Waals surface area contributed by atoms with E-state index < -0.39 is 27.3 Å². The molecule has 2 atom stereocenters. The number of nitrogens with one attached hydrogen (secondary N) is 2. The van der Waals surface area contributed by atoms with Crippen LogP contribution in [-0.2, 0) is 21.2 Å². The van der Waals surface area contributed by atoms with Crippen molar-refractivity contribution in [2.24, 2.45) is 0 Å². The molecule has 19 heavy (non-hydrogen) atoms. The number of aliphatic carboxylic acids is 1. The largest absolute Gasteiger partial charge is 0.480 e. The quantitative estimate of drug-likeness (QED) is 0.625. The van der Waals surface area contributed by atoms with Crippen LogP contribution in [0.2, 0.25) is 0 Å². The lowest BCUT2D eigenvalue weighted by molar-refractivity contribution is -0.138. The fraction of sp³-hybridized carbons (Fsp3) is 0.500. The summed E-state index contributed by atoms with van der Waals surface area (Å²) in [6, 6.07) is 0.292. The molecule has 0 amide bonds. The third-order valence-electron chi connectivity index (χ3n) is 2.47. The van der Waals surface area contributed by atoms with E-state index in [1.54, 1.807) is 6.07 Å². The van der Waals surface area contributed by atoms with Crippen molar-refractivity contribution < 1.29 is 18.3 Å². The third kappa shape index (κ3) is 4.04. The van der Waals surface area contributed by atoms with E-state index in [9.17, 15) is 13.2 Å².